The SMILES string of the molecule is Nc1ccccc1C(=O)C[N+]12CCC(CC1)C(OC(=O)C(Nc1ccccc1)c1ccccc1)C2. The number of nitrogens with zero attached hydrogens (tertiary/aromatic N) is 1. The van der Waals surface area contributed by atoms with Gasteiger partial charge in [0.2, 0.25) is 5.78 Å². The zero-order valence-corrected chi connectivity index (χ0v) is 19.8. The molecule has 0 amide bonds. The maximum atomic E-state index is 13.5. The number of quaternary nitrogens is 1. The molecule has 3 aliphatic rings. The number of rotatable bonds is 8. The Morgan fingerprint density at radius 2 is 1.54 bits per heavy atom. The summed E-state index contributed by atoms with van der Waals surface area (Å²) in [7, 11) is 0. The largest absolute Gasteiger partial charge is 0.454 e. The quantitative estimate of drug-likeness (QED) is 0.220. The van der Waals surface area contributed by atoms with Gasteiger partial charge in [-0.2, -0.15) is 0 Å². The average Bonchev–Trinajstić information content (AvgIpc) is 2.89. The Kier molecular flexibility index (Phi) is 6.55. The number of benzene rings is 3. The van der Waals surface area contributed by atoms with Gasteiger partial charge in [-0.05, 0) is 29.8 Å². The van der Waals surface area contributed by atoms with E-state index in [0.717, 1.165) is 37.2 Å². The minimum atomic E-state index is -0.603. The van der Waals surface area contributed by atoms with Crippen molar-refractivity contribution in [2.24, 2.45) is 5.92 Å². The van der Waals surface area contributed by atoms with Crippen LogP contribution >= 0.6 is 0 Å². The van der Waals surface area contributed by atoms with E-state index >= 15 is 0 Å². The van der Waals surface area contributed by atoms with Crippen molar-refractivity contribution in [2.75, 3.05) is 37.2 Å². The summed E-state index contributed by atoms with van der Waals surface area (Å²) in [6.45, 7) is 2.92. The van der Waals surface area contributed by atoms with Crippen LogP contribution in [-0.2, 0) is 9.53 Å². The van der Waals surface area contributed by atoms with Crippen LogP contribution in [-0.4, -0.2) is 48.5 Å². The molecule has 2 bridgehead atoms. The van der Waals surface area contributed by atoms with Crippen LogP contribution < -0.4 is 11.1 Å². The number of nitrogen functional groups attached to an aromatic ring is 1. The number of nitrogens with one attached hydrogen (secondary N) is 1. The molecule has 0 aromatic heterocycles. The number of ketones is 1. The van der Waals surface area contributed by atoms with Gasteiger partial charge in [0.1, 0.15) is 13.1 Å². The van der Waals surface area contributed by atoms with Crippen LogP contribution in [0.25, 0.3) is 0 Å². The summed E-state index contributed by atoms with van der Waals surface area (Å²) >= 11 is 0. The number of hydrogen-bond donors (Lipinski definition) is 2. The second-order valence-corrected chi connectivity index (χ2v) is 9.81. The van der Waals surface area contributed by atoms with E-state index in [1.165, 1.54) is 0 Å². The molecule has 6 rings (SSSR count). The fourth-order valence-corrected chi connectivity index (χ4v) is 5.56. The van der Waals surface area contributed by atoms with Gasteiger partial charge in [0, 0.05) is 35.7 Å². The lowest BCUT2D eigenvalue weighted by Gasteiger charge is -2.51. The molecule has 3 aliphatic heterocycles. The molecule has 3 fully saturated rings. The number of hydrogen-bond acceptors (Lipinski definition) is 5. The first-order chi connectivity index (χ1) is 17.0. The van der Waals surface area contributed by atoms with Crippen LogP contribution in [0.15, 0.2) is 84.9 Å². The van der Waals surface area contributed by atoms with Gasteiger partial charge in [-0.15, -0.1) is 0 Å². The minimum Gasteiger partial charge on any atom is -0.454 e. The average molecular weight is 471 g/mol. The summed E-state index contributed by atoms with van der Waals surface area (Å²) in [5, 5.41) is 3.35. The van der Waals surface area contributed by atoms with Gasteiger partial charge in [-0.1, -0.05) is 60.7 Å². The smallest absolute Gasteiger partial charge is 0.333 e. The van der Waals surface area contributed by atoms with Gasteiger partial charge in [-0.25, -0.2) is 4.79 Å². The highest BCUT2D eigenvalue weighted by atomic mass is 16.5. The fraction of sp³-hybridized carbons (Fsp3) is 0.310. The molecule has 0 aliphatic carbocycles. The first kappa shape index (κ1) is 23.1. The lowest BCUT2D eigenvalue weighted by molar-refractivity contribution is -0.938. The molecule has 3 aromatic rings. The molecule has 0 saturated carbocycles. The Labute approximate surface area is 206 Å². The van der Waals surface area contributed by atoms with Crippen LogP contribution in [0, 0.1) is 5.92 Å². The molecular formula is C29H32N3O3+. The Balaban J connectivity index is 1.32. The van der Waals surface area contributed by atoms with E-state index in [1.54, 1.807) is 12.1 Å². The van der Waals surface area contributed by atoms with Crippen molar-refractivity contribution in [3.8, 4) is 0 Å². The van der Waals surface area contributed by atoms with Crippen molar-refractivity contribution in [1.29, 1.82) is 0 Å². The molecule has 35 heavy (non-hydrogen) atoms. The third-order valence-corrected chi connectivity index (χ3v) is 7.50. The highest BCUT2D eigenvalue weighted by Gasteiger charge is 2.49. The number of esters is 1. The molecule has 3 heterocycles. The van der Waals surface area contributed by atoms with Crippen molar-refractivity contribution in [3.05, 3.63) is 96.1 Å². The normalized spacial score (nSPS) is 23.9. The molecule has 2 atom stereocenters. The third-order valence-electron chi connectivity index (χ3n) is 7.50. The second-order valence-electron chi connectivity index (χ2n) is 9.81. The number of carbonyl (C=O) groups is 2. The topological polar surface area (TPSA) is 81.4 Å². The van der Waals surface area contributed by atoms with Crippen molar-refractivity contribution >= 4 is 23.1 Å². The van der Waals surface area contributed by atoms with Crippen molar-refractivity contribution in [1.82, 2.24) is 0 Å². The Morgan fingerprint density at radius 1 is 0.914 bits per heavy atom. The second kappa shape index (κ2) is 9.92. The van der Waals surface area contributed by atoms with Gasteiger partial charge in [0.05, 0.1) is 13.1 Å². The number of para-hydroxylation sites is 2. The molecule has 180 valence electrons. The fourth-order valence-electron chi connectivity index (χ4n) is 5.56. The molecule has 0 radical (unpaired) electrons. The van der Waals surface area contributed by atoms with E-state index in [0.29, 0.717) is 34.7 Å². The molecule has 2 unspecified atom stereocenters. The molecule has 3 N–H and O–H groups in total. The first-order valence-electron chi connectivity index (χ1n) is 12.3. The summed E-state index contributed by atoms with van der Waals surface area (Å²) in [6.07, 6.45) is 1.71. The number of ether oxygens (including phenoxy) is 1. The van der Waals surface area contributed by atoms with E-state index in [1.807, 2.05) is 72.8 Å². The molecular weight excluding hydrogens is 438 g/mol. The molecule has 6 nitrogen and oxygen atoms in total. The first-order valence-corrected chi connectivity index (χ1v) is 12.3. The third kappa shape index (κ3) is 5.08. The maximum Gasteiger partial charge on any atom is 0.333 e. The maximum absolute atomic E-state index is 13.5. The predicted octanol–water partition coefficient (Wildman–Crippen LogP) is 4.46. The lowest BCUT2D eigenvalue weighted by atomic mass is 9.82. The summed E-state index contributed by atoms with van der Waals surface area (Å²) in [4.78, 5) is 26.6. The van der Waals surface area contributed by atoms with Crippen molar-refractivity contribution in [2.45, 2.75) is 25.0 Å². The van der Waals surface area contributed by atoms with E-state index in [9.17, 15) is 9.59 Å². The zero-order chi connectivity index (χ0) is 24.3. The summed E-state index contributed by atoms with van der Waals surface area (Å²) in [6, 6.07) is 26.0. The van der Waals surface area contributed by atoms with Gasteiger partial charge in [0.15, 0.2) is 12.1 Å². The number of fused-ring (bicyclic) bond motifs is 3. The molecule has 0 spiro atoms. The Hall–Kier alpha value is -3.64. The summed E-state index contributed by atoms with van der Waals surface area (Å²) in [5.41, 5.74) is 8.88. The van der Waals surface area contributed by atoms with E-state index in [4.69, 9.17) is 10.5 Å². The number of Topliss-reactive ketones (excluding diaryl/α,β-unsaturated/α-hetero) is 1. The molecule has 3 saturated heterocycles. The number of piperidine rings is 3. The minimum absolute atomic E-state index is 0.0569. The highest BCUT2D eigenvalue weighted by molar-refractivity contribution is 6.01. The Morgan fingerprint density at radius 3 is 2.23 bits per heavy atom. The van der Waals surface area contributed by atoms with Crippen molar-refractivity contribution < 1.29 is 18.8 Å². The van der Waals surface area contributed by atoms with Crippen LogP contribution in [0.4, 0.5) is 11.4 Å². The lowest BCUT2D eigenvalue weighted by Crippen LogP contribution is -2.65. The summed E-state index contributed by atoms with van der Waals surface area (Å²) in [5.74, 6) is 0.112. The highest BCUT2D eigenvalue weighted by Crippen LogP contribution is 2.37. The van der Waals surface area contributed by atoms with Crippen LogP contribution in [0.1, 0.15) is 34.8 Å². The van der Waals surface area contributed by atoms with Crippen LogP contribution in [0.2, 0.25) is 0 Å². The van der Waals surface area contributed by atoms with Gasteiger partial charge >= 0.3 is 5.97 Å². The Bertz CT molecular complexity index is 1170. The summed E-state index contributed by atoms with van der Waals surface area (Å²) < 4.78 is 6.85. The van der Waals surface area contributed by atoms with Crippen LogP contribution in [0.5, 0.6) is 0 Å². The molecule has 3 aromatic carbocycles. The van der Waals surface area contributed by atoms with Gasteiger partial charge in [-0.3, -0.25) is 4.79 Å². The zero-order valence-electron chi connectivity index (χ0n) is 19.8. The number of anilines is 2. The van der Waals surface area contributed by atoms with E-state index in [-0.39, 0.29) is 17.9 Å². The van der Waals surface area contributed by atoms with E-state index in [2.05, 4.69) is 5.32 Å². The predicted molar refractivity (Wildman–Crippen MR) is 137 cm³/mol. The van der Waals surface area contributed by atoms with E-state index < -0.39 is 6.04 Å². The van der Waals surface area contributed by atoms with Crippen molar-refractivity contribution in [3.63, 3.8) is 0 Å². The standard InChI is InChI=1S/C29H31N3O3/c30-25-14-8-7-13-24(25)26(33)19-32-17-15-21(16-18-32)27(20-32)35-29(34)28(22-9-3-1-4-10-22)31-23-11-5-2-6-12-23/h1-14,21,27-28,31H,15-20H2,(H-,30,33)/p+1. The molecule has 6 heteroatoms. The number of nitrogens with two attached hydrogens (primary N) is 1. The van der Waals surface area contributed by atoms with Crippen LogP contribution in [0.3, 0.4) is 0 Å². The van der Waals surface area contributed by atoms with Gasteiger partial charge < -0.3 is 20.3 Å². The number of carbonyl (C=O) groups excluding carboxylic acids is 2. The monoisotopic (exact) mass is 470 g/mol. The van der Waals surface area contributed by atoms with Gasteiger partial charge in [0.25, 0.3) is 0 Å².